The van der Waals surface area contributed by atoms with Gasteiger partial charge in [0.1, 0.15) is 0 Å². The van der Waals surface area contributed by atoms with E-state index in [4.69, 9.17) is 16.3 Å². The molecule has 1 aromatic rings. The maximum absolute atomic E-state index is 5.53. The summed E-state index contributed by atoms with van der Waals surface area (Å²) in [6.45, 7) is 2.59. The van der Waals surface area contributed by atoms with Gasteiger partial charge < -0.3 is 4.74 Å². The standard InChI is InChI=1S/C6H8ClNOS/c1-2-9-6-8-5(3-7)4-10-6/h4H,2-3H2,1H3. The van der Waals surface area contributed by atoms with Crippen molar-refractivity contribution in [2.75, 3.05) is 6.61 Å². The van der Waals surface area contributed by atoms with Crippen molar-refractivity contribution >= 4 is 22.9 Å². The van der Waals surface area contributed by atoms with Crippen LogP contribution in [0.1, 0.15) is 12.6 Å². The molecular formula is C6H8ClNOS. The number of ether oxygens (including phenoxy) is 1. The summed E-state index contributed by atoms with van der Waals surface area (Å²) in [6, 6.07) is 0. The number of hydrogen-bond donors (Lipinski definition) is 0. The molecule has 1 rings (SSSR count). The normalized spacial score (nSPS) is 9.80. The van der Waals surface area contributed by atoms with Gasteiger partial charge in [0.05, 0.1) is 18.2 Å². The van der Waals surface area contributed by atoms with E-state index < -0.39 is 0 Å². The molecule has 0 N–H and O–H groups in total. The Morgan fingerprint density at radius 1 is 1.80 bits per heavy atom. The predicted octanol–water partition coefficient (Wildman–Crippen LogP) is 2.28. The molecule has 4 heteroatoms. The summed E-state index contributed by atoms with van der Waals surface area (Å²) < 4.78 is 5.14. The van der Waals surface area contributed by atoms with Crippen LogP contribution >= 0.6 is 22.9 Å². The van der Waals surface area contributed by atoms with Gasteiger partial charge in [0.2, 0.25) is 0 Å². The molecule has 2 nitrogen and oxygen atoms in total. The quantitative estimate of drug-likeness (QED) is 0.661. The molecule has 0 spiro atoms. The minimum absolute atomic E-state index is 0.462. The molecule has 0 saturated carbocycles. The molecule has 0 unspecified atom stereocenters. The average Bonchev–Trinajstić information content (AvgIpc) is 2.37. The Morgan fingerprint density at radius 3 is 3.10 bits per heavy atom. The van der Waals surface area contributed by atoms with Crippen LogP contribution in [0.2, 0.25) is 0 Å². The Balaban J connectivity index is 2.59. The number of halogens is 1. The second kappa shape index (κ2) is 3.78. The highest BCUT2D eigenvalue weighted by atomic mass is 35.5. The summed E-state index contributed by atoms with van der Waals surface area (Å²) in [5, 5.41) is 2.61. The lowest BCUT2D eigenvalue weighted by Crippen LogP contribution is -1.90. The summed E-state index contributed by atoms with van der Waals surface area (Å²) in [4.78, 5) is 4.08. The van der Waals surface area contributed by atoms with Crippen LogP contribution < -0.4 is 4.74 Å². The van der Waals surface area contributed by atoms with Gasteiger partial charge in [-0.3, -0.25) is 0 Å². The number of thiazole rings is 1. The number of hydrogen-bond acceptors (Lipinski definition) is 3. The lowest BCUT2D eigenvalue weighted by molar-refractivity contribution is 0.337. The molecule has 1 heterocycles. The molecule has 56 valence electrons. The fourth-order valence-corrected chi connectivity index (χ4v) is 1.50. The highest BCUT2D eigenvalue weighted by Crippen LogP contribution is 2.18. The van der Waals surface area contributed by atoms with E-state index in [1.165, 1.54) is 11.3 Å². The number of alkyl halides is 1. The second-order valence-corrected chi connectivity index (χ2v) is 2.76. The molecule has 0 amide bonds. The predicted molar refractivity (Wildman–Crippen MR) is 42.8 cm³/mol. The van der Waals surface area contributed by atoms with Gasteiger partial charge in [-0.05, 0) is 6.92 Å². The van der Waals surface area contributed by atoms with Gasteiger partial charge >= 0.3 is 0 Å². The van der Waals surface area contributed by atoms with Crippen LogP contribution in [0.25, 0.3) is 0 Å². The minimum Gasteiger partial charge on any atom is -0.470 e. The smallest absolute Gasteiger partial charge is 0.273 e. The van der Waals surface area contributed by atoms with Crippen LogP contribution in [0.4, 0.5) is 0 Å². The van der Waals surface area contributed by atoms with Crippen LogP contribution in [0.5, 0.6) is 5.19 Å². The van der Waals surface area contributed by atoms with Gasteiger partial charge in [-0.2, -0.15) is 0 Å². The number of nitrogens with zero attached hydrogens (tertiary/aromatic N) is 1. The van der Waals surface area contributed by atoms with E-state index in [0.29, 0.717) is 17.7 Å². The first-order chi connectivity index (χ1) is 4.86. The largest absolute Gasteiger partial charge is 0.470 e. The molecule has 0 aliphatic heterocycles. The SMILES string of the molecule is CCOc1nc(CCl)cs1. The van der Waals surface area contributed by atoms with Crippen LogP contribution in [-0.4, -0.2) is 11.6 Å². The highest BCUT2D eigenvalue weighted by Gasteiger charge is 1.98. The number of rotatable bonds is 3. The second-order valence-electron chi connectivity index (χ2n) is 1.67. The first kappa shape index (κ1) is 7.82. The fourth-order valence-electron chi connectivity index (χ4n) is 0.540. The molecule has 0 aliphatic rings. The fraction of sp³-hybridized carbons (Fsp3) is 0.500. The third-order valence-corrected chi connectivity index (χ3v) is 2.01. The van der Waals surface area contributed by atoms with Crippen molar-refractivity contribution in [2.45, 2.75) is 12.8 Å². The van der Waals surface area contributed by atoms with E-state index in [2.05, 4.69) is 4.98 Å². The minimum atomic E-state index is 0.462. The lowest BCUT2D eigenvalue weighted by atomic mass is 10.6. The summed E-state index contributed by atoms with van der Waals surface area (Å²) in [6.07, 6.45) is 0. The zero-order valence-corrected chi connectivity index (χ0v) is 7.21. The lowest BCUT2D eigenvalue weighted by Gasteiger charge is -1.92. The highest BCUT2D eigenvalue weighted by molar-refractivity contribution is 7.11. The maximum Gasteiger partial charge on any atom is 0.273 e. The first-order valence-electron chi connectivity index (χ1n) is 3.00. The van der Waals surface area contributed by atoms with Crippen LogP contribution in [0.3, 0.4) is 0 Å². The van der Waals surface area contributed by atoms with Crippen molar-refractivity contribution in [1.29, 1.82) is 0 Å². The van der Waals surface area contributed by atoms with E-state index in [-0.39, 0.29) is 0 Å². The summed E-state index contributed by atoms with van der Waals surface area (Å²) in [5.74, 6) is 0.462. The molecule has 0 atom stereocenters. The monoisotopic (exact) mass is 177 g/mol. The zero-order chi connectivity index (χ0) is 7.40. The van der Waals surface area contributed by atoms with Gasteiger partial charge in [-0.15, -0.1) is 11.6 Å². The Kier molecular flexibility index (Phi) is 2.96. The van der Waals surface area contributed by atoms with E-state index in [9.17, 15) is 0 Å². The number of aromatic nitrogens is 1. The van der Waals surface area contributed by atoms with Gasteiger partial charge in [-0.1, -0.05) is 11.3 Å². The molecule has 0 aromatic carbocycles. The Bertz CT molecular complexity index is 201. The van der Waals surface area contributed by atoms with Crippen molar-refractivity contribution in [3.05, 3.63) is 11.1 Å². The summed E-state index contributed by atoms with van der Waals surface area (Å²) in [5.41, 5.74) is 0.884. The molecule has 0 bridgehead atoms. The molecule has 1 aromatic heterocycles. The molecule has 0 aliphatic carbocycles. The van der Waals surface area contributed by atoms with Gasteiger partial charge in [-0.25, -0.2) is 4.98 Å². The van der Waals surface area contributed by atoms with E-state index in [1.54, 1.807) is 0 Å². The van der Waals surface area contributed by atoms with Crippen molar-refractivity contribution in [3.8, 4) is 5.19 Å². The zero-order valence-electron chi connectivity index (χ0n) is 5.63. The van der Waals surface area contributed by atoms with Crippen molar-refractivity contribution < 1.29 is 4.74 Å². The Morgan fingerprint density at radius 2 is 2.60 bits per heavy atom. The van der Waals surface area contributed by atoms with Crippen molar-refractivity contribution in [2.24, 2.45) is 0 Å². The maximum atomic E-state index is 5.53. The van der Waals surface area contributed by atoms with Crippen molar-refractivity contribution in [1.82, 2.24) is 4.98 Å². The van der Waals surface area contributed by atoms with Crippen molar-refractivity contribution in [3.63, 3.8) is 0 Å². The Hall–Kier alpha value is -0.280. The Labute approximate surface area is 68.8 Å². The molecule has 0 saturated heterocycles. The first-order valence-corrected chi connectivity index (χ1v) is 4.41. The molecule has 10 heavy (non-hydrogen) atoms. The van der Waals surface area contributed by atoms with Gasteiger partial charge in [0, 0.05) is 5.38 Å². The average molecular weight is 178 g/mol. The molecule has 0 fully saturated rings. The third-order valence-electron chi connectivity index (χ3n) is 0.935. The van der Waals surface area contributed by atoms with E-state index in [1.807, 2.05) is 12.3 Å². The van der Waals surface area contributed by atoms with Crippen LogP contribution in [0.15, 0.2) is 5.38 Å². The molecule has 0 radical (unpaired) electrons. The van der Waals surface area contributed by atoms with Gasteiger partial charge in [0.25, 0.3) is 5.19 Å². The van der Waals surface area contributed by atoms with Crippen LogP contribution in [0, 0.1) is 0 Å². The van der Waals surface area contributed by atoms with E-state index >= 15 is 0 Å². The van der Waals surface area contributed by atoms with E-state index in [0.717, 1.165) is 5.69 Å². The van der Waals surface area contributed by atoms with Gasteiger partial charge in [0.15, 0.2) is 0 Å². The topological polar surface area (TPSA) is 22.1 Å². The summed E-state index contributed by atoms with van der Waals surface area (Å²) >= 11 is 7.01. The summed E-state index contributed by atoms with van der Waals surface area (Å²) in [7, 11) is 0. The third kappa shape index (κ3) is 1.85. The van der Waals surface area contributed by atoms with Crippen LogP contribution in [-0.2, 0) is 5.88 Å². The molecular weight excluding hydrogens is 170 g/mol.